The molecule has 176 valence electrons. The van der Waals surface area contributed by atoms with E-state index in [1.54, 1.807) is 24.3 Å². The molecule has 4 rings (SSSR count). The number of aliphatic imine (C=N–C) groups is 1. The van der Waals surface area contributed by atoms with Gasteiger partial charge in [0.2, 0.25) is 0 Å². The van der Waals surface area contributed by atoms with Crippen molar-refractivity contribution in [3.63, 3.8) is 0 Å². The SMILES string of the molecule is COC(=O)c1ccc([C@H]2C3=C(CC(C)(C)CC3=O)N=C(C)C2C(=O)OC[C@@H]2CCCO2)cc1. The van der Waals surface area contributed by atoms with Crippen LogP contribution in [0.2, 0.25) is 0 Å². The molecule has 1 fully saturated rings. The maximum atomic E-state index is 13.3. The zero-order chi connectivity index (χ0) is 23.8. The Morgan fingerprint density at radius 1 is 1.18 bits per heavy atom. The summed E-state index contributed by atoms with van der Waals surface area (Å²) in [5.74, 6) is -2.05. The quantitative estimate of drug-likeness (QED) is 0.626. The van der Waals surface area contributed by atoms with Crippen LogP contribution in [0.15, 0.2) is 40.5 Å². The molecule has 0 N–H and O–H groups in total. The van der Waals surface area contributed by atoms with Crippen LogP contribution in [-0.4, -0.2) is 49.9 Å². The van der Waals surface area contributed by atoms with E-state index in [9.17, 15) is 14.4 Å². The van der Waals surface area contributed by atoms with Gasteiger partial charge in [-0.3, -0.25) is 14.6 Å². The summed E-state index contributed by atoms with van der Waals surface area (Å²) in [4.78, 5) is 43.3. The highest BCUT2D eigenvalue weighted by atomic mass is 16.6. The molecule has 0 aromatic heterocycles. The second-order valence-corrected chi connectivity index (χ2v) is 9.89. The van der Waals surface area contributed by atoms with Gasteiger partial charge in [0.05, 0.1) is 18.8 Å². The number of ketones is 1. The summed E-state index contributed by atoms with van der Waals surface area (Å²) in [6.07, 6.45) is 2.81. The molecular formula is C26H31NO6. The summed E-state index contributed by atoms with van der Waals surface area (Å²) >= 11 is 0. The normalized spacial score (nSPS) is 26.5. The summed E-state index contributed by atoms with van der Waals surface area (Å²) in [7, 11) is 1.33. The van der Waals surface area contributed by atoms with Gasteiger partial charge in [-0.25, -0.2) is 4.79 Å². The Bertz CT molecular complexity index is 1010. The molecule has 3 atom stereocenters. The highest BCUT2D eigenvalue weighted by Crippen LogP contribution is 2.48. The van der Waals surface area contributed by atoms with Gasteiger partial charge in [0.1, 0.15) is 12.5 Å². The fraction of sp³-hybridized carbons (Fsp3) is 0.538. The van der Waals surface area contributed by atoms with Crippen LogP contribution in [0.4, 0.5) is 0 Å². The molecule has 0 amide bonds. The lowest BCUT2D eigenvalue weighted by molar-refractivity contribution is -0.149. The second kappa shape index (κ2) is 9.21. The first-order chi connectivity index (χ1) is 15.7. The molecule has 1 unspecified atom stereocenters. The minimum absolute atomic E-state index is 0.0106. The zero-order valence-electron chi connectivity index (χ0n) is 19.7. The van der Waals surface area contributed by atoms with Gasteiger partial charge in [-0.1, -0.05) is 26.0 Å². The molecule has 1 aromatic rings. The van der Waals surface area contributed by atoms with Crippen LogP contribution in [0.1, 0.15) is 68.3 Å². The summed E-state index contributed by atoms with van der Waals surface area (Å²) in [6, 6.07) is 6.89. The molecule has 3 aliphatic rings. The molecule has 0 spiro atoms. The Morgan fingerprint density at radius 2 is 1.91 bits per heavy atom. The third kappa shape index (κ3) is 4.78. The standard InChI is InChI=1S/C26H31NO6/c1-15-21(25(30)33-14-18-6-5-11-32-18)22(16-7-9-17(10-8-16)24(29)31-4)23-19(27-15)12-26(2,3)13-20(23)28/h7-10,18,21-22H,5-6,11-14H2,1-4H3/t18-,21?,22+/m0/s1. The van der Waals surface area contributed by atoms with Crippen molar-refractivity contribution in [1.82, 2.24) is 0 Å². The molecule has 7 heteroatoms. The summed E-state index contributed by atoms with van der Waals surface area (Å²) in [6.45, 7) is 6.82. The van der Waals surface area contributed by atoms with Gasteiger partial charge in [-0.05, 0) is 49.3 Å². The van der Waals surface area contributed by atoms with Crippen LogP contribution < -0.4 is 0 Å². The van der Waals surface area contributed by atoms with E-state index in [1.165, 1.54) is 7.11 Å². The first kappa shape index (κ1) is 23.4. The van der Waals surface area contributed by atoms with Gasteiger partial charge in [-0.2, -0.15) is 0 Å². The molecule has 2 aliphatic heterocycles. The summed E-state index contributed by atoms with van der Waals surface area (Å²) < 4.78 is 16.1. The van der Waals surface area contributed by atoms with Crippen LogP contribution in [0, 0.1) is 11.3 Å². The number of rotatable bonds is 5. The van der Waals surface area contributed by atoms with Crippen molar-refractivity contribution in [2.75, 3.05) is 20.3 Å². The molecule has 7 nitrogen and oxygen atoms in total. The van der Waals surface area contributed by atoms with Crippen molar-refractivity contribution < 1.29 is 28.6 Å². The van der Waals surface area contributed by atoms with Crippen molar-refractivity contribution in [2.24, 2.45) is 16.3 Å². The maximum absolute atomic E-state index is 13.3. The zero-order valence-corrected chi connectivity index (χ0v) is 19.7. The van der Waals surface area contributed by atoms with Crippen LogP contribution in [0.25, 0.3) is 0 Å². The lowest BCUT2D eigenvalue weighted by Gasteiger charge is -2.39. The molecule has 2 heterocycles. The number of benzene rings is 1. The lowest BCUT2D eigenvalue weighted by Crippen LogP contribution is -2.40. The van der Waals surface area contributed by atoms with Crippen molar-refractivity contribution >= 4 is 23.4 Å². The minimum atomic E-state index is -0.709. The fourth-order valence-electron chi connectivity index (χ4n) is 5.10. The first-order valence-electron chi connectivity index (χ1n) is 11.5. The van der Waals surface area contributed by atoms with E-state index in [0.717, 1.165) is 24.1 Å². The van der Waals surface area contributed by atoms with Crippen molar-refractivity contribution in [1.29, 1.82) is 0 Å². The predicted octanol–water partition coefficient (Wildman–Crippen LogP) is 4.01. The highest BCUT2D eigenvalue weighted by molar-refractivity contribution is 6.09. The van der Waals surface area contributed by atoms with Crippen molar-refractivity contribution in [3.05, 3.63) is 46.7 Å². The van der Waals surface area contributed by atoms with E-state index in [0.29, 0.717) is 36.3 Å². The number of ether oxygens (including phenoxy) is 3. The van der Waals surface area contributed by atoms with Crippen LogP contribution >= 0.6 is 0 Å². The number of methoxy groups -OCH3 is 1. The molecule has 0 radical (unpaired) electrons. The smallest absolute Gasteiger partial charge is 0.337 e. The summed E-state index contributed by atoms with van der Waals surface area (Å²) in [5.41, 5.74) is 2.97. The van der Waals surface area contributed by atoms with E-state index < -0.39 is 23.8 Å². The predicted molar refractivity (Wildman–Crippen MR) is 122 cm³/mol. The Balaban J connectivity index is 1.71. The molecule has 1 aromatic carbocycles. The van der Waals surface area contributed by atoms with Gasteiger partial charge in [0.15, 0.2) is 5.78 Å². The largest absolute Gasteiger partial charge is 0.465 e. The molecule has 0 saturated carbocycles. The molecule has 0 bridgehead atoms. The maximum Gasteiger partial charge on any atom is 0.337 e. The average molecular weight is 454 g/mol. The topological polar surface area (TPSA) is 91.3 Å². The molecule has 1 saturated heterocycles. The molecule has 1 aliphatic carbocycles. The number of carbonyl (C=O) groups is 3. The van der Waals surface area contributed by atoms with Gasteiger partial charge < -0.3 is 14.2 Å². The Hall–Kier alpha value is -2.80. The number of allylic oxidation sites excluding steroid dienone is 2. The first-order valence-corrected chi connectivity index (χ1v) is 11.5. The Morgan fingerprint density at radius 3 is 2.55 bits per heavy atom. The fourth-order valence-corrected chi connectivity index (χ4v) is 5.10. The van der Waals surface area contributed by atoms with E-state index in [-0.39, 0.29) is 23.9 Å². The number of hydrogen-bond donors (Lipinski definition) is 0. The van der Waals surface area contributed by atoms with Crippen LogP contribution in [0.3, 0.4) is 0 Å². The van der Waals surface area contributed by atoms with Gasteiger partial charge in [0.25, 0.3) is 0 Å². The van der Waals surface area contributed by atoms with E-state index in [1.807, 2.05) is 6.92 Å². The van der Waals surface area contributed by atoms with E-state index >= 15 is 0 Å². The number of nitrogens with zero attached hydrogens (tertiary/aromatic N) is 1. The molecule has 33 heavy (non-hydrogen) atoms. The monoisotopic (exact) mass is 453 g/mol. The van der Waals surface area contributed by atoms with Gasteiger partial charge >= 0.3 is 11.9 Å². The number of Topliss-reactive ketones (excluding diaryl/α,β-unsaturated/α-hetero) is 1. The van der Waals surface area contributed by atoms with Crippen LogP contribution in [-0.2, 0) is 23.8 Å². The van der Waals surface area contributed by atoms with Crippen molar-refractivity contribution in [3.8, 4) is 0 Å². The molecular weight excluding hydrogens is 422 g/mol. The summed E-state index contributed by atoms with van der Waals surface area (Å²) in [5, 5.41) is 0. The van der Waals surface area contributed by atoms with Gasteiger partial charge in [0, 0.05) is 35.9 Å². The Labute approximate surface area is 194 Å². The number of hydrogen-bond acceptors (Lipinski definition) is 7. The number of esters is 2. The van der Waals surface area contributed by atoms with Crippen molar-refractivity contribution in [2.45, 2.75) is 58.5 Å². The van der Waals surface area contributed by atoms with E-state index in [4.69, 9.17) is 19.2 Å². The lowest BCUT2D eigenvalue weighted by atomic mass is 9.67. The second-order valence-electron chi connectivity index (χ2n) is 9.89. The third-order valence-corrected chi connectivity index (χ3v) is 6.68. The minimum Gasteiger partial charge on any atom is -0.465 e. The Kier molecular flexibility index (Phi) is 6.52. The van der Waals surface area contributed by atoms with Crippen LogP contribution in [0.5, 0.6) is 0 Å². The number of carbonyl (C=O) groups excluding carboxylic acids is 3. The van der Waals surface area contributed by atoms with Gasteiger partial charge in [-0.15, -0.1) is 0 Å². The third-order valence-electron chi connectivity index (χ3n) is 6.68. The van der Waals surface area contributed by atoms with E-state index in [2.05, 4.69) is 13.8 Å². The average Bonchev–Trinajstić information content (AvgIpc) is 3.29. The highest BCUT2D eigenvalue weighted by Gasteiger charge is 2.46.